The highest BCUT2D eigenvalue weighted by molar-refractivity contribution is 5.69. The van der Waals surface area contributed by atoms with Gasteiger partial charge in [0.05, 0.1) is 28.2 Å². The third kappa shape index (κ3) is 7.48. The number of hydrogen-bond acceptors (Lipinski definition) is 6. The Labute approximate surface area is 215 Å². The summed E-state index contributed by atoms with van der Waals surface area (Å²) >= 11 is 0. The van der Waals surface area contributed by atoms with Crippen LogP contribution in [0.5, 0.6) is 0 Å². The highest BCUT2D eigenvalue weighted by Crippen LogP contribution is 2.27. The van der Waals surface area contributed by atoms with E-state index in [-0.39, 0.29) is 18.1 Å². The van der Waals surface area contributed by atoms with Crippen molar-refractivity contribution in [3.8, 4) is 29.4 Å². The van der Waals surface area contributed by atoms with Crippen molar-refractivity contribution in [2.45, 2.75) is 40.2 Å². The number of ether oxygens (including phenoxy) is 1. The lowest BCUT2D eigenvalue weighted by atomic mass is 10.1. The first-order chi connectivity index (χ1) is 17.6. The van der Waals surface area contributed by atoms with Gasteiger partial charge < -0.3 is 9.26 Å². The molecule has 0 bridgehead atoms. The van der Waals surface area contributed by atoms with Crippen molar-refractivity contribution in [2.24, 2.45) is 7.05 Å². The van der Waals surface area contributed by atoms with Gasteiger partial charge in [-0.2, -0.15) is 10.1 Å². The fourth-order valence-electron chi connectivity index (χ4n) is 3.08. The summed E-state index contributed by atoms with van der Waals surface area (Å²) in [5, 5.41) is 8.33. The summed E-state index contributed by atoms with van der Waals surface area (Å²) < 4.78 is 39.8. The summed E-state index contributed by atoms with van der Waals surface area (Å²) in [6.45, 7) is 19.0. The van der Waals surface area contributed by atoms with Crippen LogP contribution in [0.3, 0.4) is 0 Å². The molecule has 0 radical (unpaired) electrons. The molecule has 194 valence electrons. The molecule has 0 aliphatic rings. The topological polar surface area (TPSA) is 82.4 Å². The molecule has 0 unspecified atom stereocenters. The molecular weight excluding hydrogens is 478 g/mol. The Bertz CT molecular complexity index is 1340. The van der Waals surface area contributed by atoms with Gasteiger partial charge in [0, 0.05) is 30.7 Å². The first-order valence-electron chi connectivity index (χ1n) is 11.5. The van der Waals surface area contributed by atoms with Crippen LogP contribution in [0.15, 0.2) is 77.7 Å². The standard InChI is InChI=1S/C25H25F2N6O2.C2H6/c1-7-20(25(4,26)27)12-11-16(2)34-15-22-21(14-29-33(22)6)24-30-23(32-35-24)19-10-8-9-18(13-19)17(3)31-28-5;1-2/h5,7-14,31H,1,3,15H2,2,4,6H3;1-2H3/q+1;/b16-11+,20-12+;. The second kappa shape index (κ2) is 13.0. The van der Waals surface area contributed by atoms with Crippen molar-refractivity contribution < 1.29 is 18.0 Å². The van der Waals surface area contributed by atoms with E-state index in [0.717, 1.165) is 18.6 Å². The molecule has 0 amide bonds. The Morgan fingerprint density at radius 2 is 2.05 bits per heavy atom. The number of nitrogens with zero attached hydrogens (tertiary/aromatic N) is 5. The first kappa shape index (κ1) is 28.7. The van der Waals surface area contributed by atoms with Gasteiger partial charge in [0.1, 0.15) is 12.3 Å². The molecule has 0 aliphatic heterocycles. The molecule has 1 aromatic carbocycles. The summed E-state index contributed by atoms with van der Waals surface area (Å²) in [4.78, 5) is 7.86. The third-order valence-electron chi connectivity index (χ3n) is 5.05. The summed E-state index contributed by atoms with van der Waals surface area (Å²) in [6, 6.07) is 7.31. The molecule has 3 rings (SSSR count). The van der Waals surface area contributed by atoms with Crippen LogP contribution in [0, 0.1) is 6.57 Å². The molecule has 0 aliphatic carbocycles. The highest BCUT2D eigenvalue weighted by Gasteiger charge is 2.24. The van der Waals surface area contributed by atoms with E-state index in [4.69, 9.17) is 15.8 Å². The maximum atomic E-state index is 13.5. The van der Waals surface area contributed by atoms with Gasteiger partial charge in [-0.1, -0.05) is 56.4 Å². The molecule has 1 N–H and O–H groups in total. The third-order valence-corrected chi connectivity index (χ3v) is 5.05. The maximum Gasteiger partial charge on any atom is 0.305 e. The quantitative estimate of drug-likeness (QED) is 0.184. The predicted octanol–water partition coefficient (Wildman–Crippen LogP) is 6.79. The van der Waals surface area contributed by atoms with E-state index in [0.29, 0.717) is 34.1 Å². The fraction of sp³-hybridized carbons (Fsp3) is 0.259. The molecule has 3 aromatic rings. The Morgan fingerprint density at radius 1 is 1.32 bits per heavy atom. The normalized spacial score (nSPS) is 11.7. The van der Waals surface area contributed by atoms with Crippen LogP contribution in [0.4, 0.5) is 8.78 Å². The summed E-state index contributed by atoms with van der Waals surface area (Å²) in [6.07, 6.45) is 5.44. The van der Waals surface area contributed by atoms with Crippen molar-refractivity contribution in [2.75, 3.05) is 0 Å². The predicted molar refractivity (Wildman–Crippen MR) is 141 cm³/mol. The van der Waals surface area contributed by atoms with Gasteiger partial charge in [-0.25, -0.2) is 8.78 Å². The molecule has 2 aromatic heterocycles. The van der Waals surface area contributed by atoms with Crippen molar-refractivity contribution in [1.29, 1.82) is 0 Å². The summed E-state index contributed by atoms with van der Waals surface area (Å²) in [5.41, 5.74) is 5.63. The minimum atomic E-state index is -2.99. The molecule has 0 spiro atoms. The highest BCUT2D eigenvalue weighted by atomic mass is 19.3. The van der Waals surface area contributed by atoms with Crippen molar-refractivity contribution in [3.63, 3.8) is 0 Å². The van der Waals surface area contributed by atoms with Crippen LogP contribution in [0.1, 0.15) is 39.0 Å². The number of nitrogens with one attached hydrogen (secondary N) is 1. The zero-order chi connectivity index (χ0) is 27.6. The van der Waals surface area contributed by atoms with E-state index < -0.39 is 5.92 Å². The number of aromatic nitrogens is 4. The van der Waals surface area contributed by atoms with Crippen LogP contribution >= 0.6 is 0 Å². The van der Waals surface area contributed by atoms with Gasteiger partial charge >= 0.3 is 6.57 Å². The van der Waals surface area contributed by atoms with Crippen LogP contribution < -0.4 is 5.43 Å². The zero-order valence-electron chi connectivity index (χ0n) is 21.6. The fourth-order valence-corrected chi connectivity index (χ4v) is 3.08. The van der Waals surface area contributed by atoms with E-state index in [1.54, 1.807) is 24.9 Å². The maximum absolute atomic E-state index is 13.5. The number of benzene rings is 1. The van der Waals surface area contributed by atoms with E-state index >= 15 is 0 Å². The first-order valence-corrected chi connectivity index (χ1v) is 11.5. The number of hydrogen-bond donors (Lipinski definition) is 1. The molecule has 2 heterocycles. The Hall–Kier alpha value is -4.52. The summed E-state index contributed by atoms with van der Waals surface area (Å²) in [7, 11) is 1.75. The molecule has 8 nitrogen and oxygen atoms in total. The lowest BCUT2D eigenvalue weighted by Crippen LogP contribution is -2.11. The van der Waals surface area contributed by atoms with Gasteiger partial charge in [0.15, 0.2) is 0 Å². The Balaban J connectivity index is 0.00000235. The van der Waals surface area contributed by atoms with Crippen molar-refractivity contribution in [3.05, 3.63) is 89.4 Å². The second-order valence-corrected chi connectivity index (χ2v) is 7.63. The number of aryl methyl sites for hydroxylation is 1. The molecule has 37 heavy (non-hydrogen) atoms. The Kier molecular flexibility index (Phi) is 10.1. The van der Waals surface area contributed by atoms with Crippen LogP contribution in [-0.4, -0.2) is 25.8 Å². The lowest BCUT2D eigenvalue weighted by Gasteiger charge is -2.11. The number of alkyl halides is 2. The van der Waals surface area contributed by atoms with Gasteiger partial charge in [0.25, 0.3) is 11.8 Å². The molecular formula is C27H31F2N6O2+. The average Bonchev–Trinajstić information content (AvgIpc) is 3.50. The van der Waals surface area contributed by atoms with Gasteiger partial charge in [-0.15, -0.1) is 0 Å². The summed E-state index contributed by atoms with van der Waals surface area (Å²) in [5.74, 6) is -1.94. The van der Waals surface area contributed by atoms with E-state index in [2.05, 4.69) is 38.8 Å². The molecule has 10 heteroatoms. The van der Waals surface area contributed by atoms with E-state index in [1.807, 2.05) is 38.1 Å². The zero-order valence-corrected chi connectivity index (χ0v) is 21.6. The van der Waals surface area contributed by atoms with Crippen LogP contribution in [0.2, 0.25) is 0 Å². The number of rotatable bonds is 10. The van der Waals surface area contributed by atoms with E-state index in [1.165, 1.54) is 12.2 Å². The minimum absolute atomic E-state index is 0.106. The van der Waals surface area contributed by atoms with Crippen LogP contribution in [-0.2, 0) is 18.4 Å². The molecule has 0 fully saturated rings. The van der Waals surface area contributed by atoms with Gasteiger partial charge in [-0.3, -0.25) is 4.68 Å². The SMILES string of the molecule is C#[N+]NC(=C)c1cccc(-c2noc(-c3cnn(C)c3CO/C(C)=C/C=C(\C=C)C(C)(F)F)n2)c1.CC. The lowest BCUT2D eigenvalue weighted by molar-refractivity contribution is 0.0675. The minimum Gasteiger partial charge on any atom is -0.492 e. The molecule has 0 saturated heterocycles. The molecule has 0 saturated carbocycles. The van der Waals surface area contributed by atoms with Crippen LogP contribution in [0.25, 0.3) is 33.5 Å². The Morgan fingerprint density at radius 3 is 2.70 bits per heavy atom. The average molecular weight is 510 g/mol. The second-order valence-electron chi connectivity index (χ2n) is 7.63. The smallest absolute Gasteiger partial charge is 0.305 e. The monoisotopic (exact) mass is 509 g/mol. The van der Waals surface area contributed by atoms with Crippen molar-refractivity contribution in [1.82, 2.24) is 25.3 Å². The van der Waals surface area contributed by atoms with Crippen molar-refractivity contribution >= 4 is 5.70 Å². The van der Waals surface area contributed by atoms with Gasteiger partial charge in [0.2, 0.25) is 5.82 Å². The number of halogens is 2. The molecule has 0 atom stereocenters. The number of allylic oxidation sites excluding steroid dienone is 5. The largest absolute Gasteiger partial charge is 0.492 e. The van der Waals surface area contributed by atoms with E-state index in [9.17, 15) is 8.78 Å². The van der Waals surface area contributed by atoms with Gasteiger partial charge in [-0.05, 0) is 30.6 Å².